The third-order valence-corrected chi connectivity index (χ3v) is 7.49. The Balaban J connectivity index is 1.39. The number of carbonyl (C=O) groups excluding carboxylic acids is 1. The lowest BCUT2D eigenvalue weighted by Gasteiger charge is -2.35. The van der Waals surface area contributed by atoms with Crippen molar-refractivity contribution in [2.24, 2.45) is 0 Å². The van der Waals surface area contributed by atoms with Gasteiger partial charge in [0.05, 0.1) is 4.90 Å². The number of likely N-dealkylation sites (N-methyl/N-ethyl adjacent to an activating group) is 1. The summed E-state index contributed by atoms with van der Waals surface area (Å²) in [5, 5.41) is 2.96. The summed E-state index contributed by atoms with van der Waals surface area (Å²) in [7, 11) is -3.68. The van der Waals surface area contributed by atoms with E-state index >= 15 is 0 Å². The van der Waals surface area contributed by atoms with Crippen molar-refractivity contribution in [2.45, 2.75) is 18.7 Å². The molecule has 0 atom stereocenters. The van der Waals surface area contributed by atoms with Crippen LogP contribution in [0.1, 0.15) is 22.8 Å². The molecule has 1 aliphatic rings. The fourth-order valence-electron chi connectivity index (χ4n) is 4.00. The topological polar surface area (TPSA) is 81.8 Å². The minimum absolute atomic E-state index is 0.183. The Morgan fingerprint density at radius 3 is 2.21 bits per heavy atom. The summed E-state index contributed by atoms with van der Waals surface area (Å²) in [6.45, 7) is 9.38. The molecule has 34 heavy (non-hydrogen) atoms. The molecule has 0 bridgehead atoms. The Bertz CT molecular complexity index is 1240. The van der Waals surface area contributed by atoms with Gasteiger partial charge in [0.25, 0.3) is 15.9 Å². The van der Waals surface area contributed by atoms with Gasteiger partial charge in [0.2, 0.25) is 0 Å². The Morgan fingerprint density at radius 2 is 1.59 bits per heavy atom. The second-order valence-electron chi connectivity index (χ2n) is 8.37. The molecule has 3 aromatic carbocycles. The Hall–Kier alpha value is -3.36. The third-order valence-electron chi connectivity index (χ3n) is 6.10. The van der Waals surface area contributed by atoms with Gasteiger partial charge in [-0.1, -0.05) is 25.1 Å². The van der Waals surface area contributed by atoms with Crippen LogP contribution in [0.3, 0.4) is 0 Å². The first-order valence-electron chi connectivity index (χ1n) is 11.4. The van der Waals surface area contributed by atoms with E-state index in [2.05, 4.69) is 32.8 Å². The van der Waals surface area contributed by atoms with E-state index in [4.69, 9.17) is 0 Å². The van der Waals surface area contributed by atoms with Gasteiger partial charge in [-0.15, -0.1) is 0 Å². The zero-order valence-electron chi connectivity index (χ0n) is 19.5. The second kappa shape index (κ2) is 10.3. The maximum Gasteiger partial charge on any atom is 0.261 e. The van der Waals surface area contributed by atoms with Crippen molar-refractivity contribution < 1.29 is 13.2 Å². The number of aryl methyl sites for hydroxylation is 1. The van der Waals surface area contributed by atoms with Crippen molar-refractivity contribution in [3.05, 3.63) is 83.9 Å². The Labute approximate surface area is 201 Å². The zero-order valence-corrected chi connectivity index (χ0v) is 20.3. The molecule has 0 aromatic heterocycles. The Morgan fingerprint density at radius 1 is 0.912 bits per heavy atom. The molecule has 1 heterocycles. The van der Waals surface area contributed by atoms with Gasteiger partial charge < -0.3 is 15.1 Å². The summed E-state index contributed by atoms with van der Waals surface area (Å²) >= 11 is 0. The lowest BCUT2D eigenvalue weighted by Crippen LogP contribution is -2.46. The predicted octanol–water partition coefficient (Wildman–Crippen LogP) is 4.19. The van der Waals surface area contributed by atoms with E-state index in [0.717, 1.165) is 44.0 Å². The maximum absolute atomic E-state index is 12.8. The molecule has 1 fully saturated rings. The molecule has 0 spiro atoms. The van der Waals surface area contributed by atoms with Gasteiger partial charge in [-0.2, -0.15) is 0 Å². The van der Waals surface area contributed by atoms with Crippen molar-refractivity contribution in [3.8, 4) is 0 Å². The van der Waals surface area contributed by atoms with Gasteiger partial charge in [-0.3, -0.25) is 9.52 Å². The van der Waals surface area contributed by atoms with Crippen LogP contribution in [-0.2, 0) is 10.0 Å². The second-order valence-corrected chi connectivity index (χ2v) is 10.1. The van der Waals surface area contributed by atoms with E-state index in [9.17, 15) is 13.2 Å². The third kappa shape index (κ3) is 5.58. The van der Waals surface area contributed by atoms with Crippen molar-refractivity contribution >= 4 is 33.0 Å². The first kappa shape index (κ1) is 23.8. The molecule has 1 saturated heterocycles. The molecule has 178 valence electrons. The number of nitrogens with zero attached hydrogens (tertiary/aromatic N) is 2. The van der Waals surface area contributed by atoms with E-state index in [-0.39, 0.29) is 10.8 Å². The van der Waals surface area contributed by atoms with Gasteiger partial charge in [0.15, 0.2) is 0 Å². The average Bonchev–Trinajstić information content (AvgIpc) is 2.86. The number of anilines is 3. The number of nitrogens with one attached hydrogen (secondary N) is 2. The minimum Gasteiger partial charge on any atom is -0.369 e. The summed E-state index contributed by atoms with van der Waals surface area (Å²) in [5.74, 6) is -0.245. The van der Waals surface area contributed by atoms with Crippen LogP contribution in [0.15, 0.2) is 77.7 Å². The zero-order chi connectivity index (χ0) is 24.1. The number of piperazine rings is 1. The molecule has 0 radical (unpaired) electrons. The van der Waals surface area contributed by atoms with E-state index in [1.54, 1.807) is 42.5 Å². The molecule has 7 nitrogen and oxygen atoms in total. The number of rotatable bonds is 7. The monoisotopic (exact) mass is 478 g/mol. The molecule has 0 aliphatic carbocycles. The predicted molar refractivity (Wildman–Crippen MR) is 137 cm³/mol. The molecule has 1 aliphatic heterocycles. The van der Waals surface area contributed by atoms with Crippen molar-refractivity contribution in [3.63, 3.8) is 0 Å². The van der Waals surface area contributed by atoms with E-state index < -0.39 is 10.0 Å². The highest BCUT2D eigenvalue weighted by atomic mass is 32.2. The summed E-state index contributed by atoms with van der Waals surface area (Å²) in [6.07, 6.45) is 0. The summed E-state index contributed by atoms with van der Waals surface area (Å²) in [4.78, 5) is 17.8. The van der Waals surface area contributed by atoms with Crippen LogP contribution in [0.25, 0.3) is 0 Å². The molecule has 1 amide bonds. The average molecular weight is 479 g/mol. The minimum atomic E-state index is -3.68. The highest BCUT2D eigenvalue weighted by Gasteiger charge is 2.17. The number of sulfonamides is 1. The fourth-order valence-corrected chi connectivity index (χ4v) is 5.08. The number of carbonyl (C=O) groups is 1. The molecule has 8 heteroatoms. The lowest BCUT2D eigenvalue weighted by molar-refractivity contribution is 0.102. The van der Waals surface area contributed by atoms with Crippen LogP contribution in [0, 0.1) is 6.92 Å². The largest absolute Gasteiger partial charge is 0.369 e. The van der Waals surface area contributed by atoms with E-state index in [1.807, 2.05) is 19.1 Å². The molecule has 0 saturated carbocycles. The first-order chi connectivity index (χ1) is 16.4. The number of hydrogen-bond acceptors (Lipinski definition) is 5. The van der Waals surface area contributed by atoms with E-state index in [1.165, 1.54) is 17.8 Å². The van der Waals surface area contributed by atoms with Crippen LogP contribution in [0.5, 0.6) is 0 Å². The molecule has 3 aromatic rings. The van der Waals surface area contributed by atoms with Gasteiger partial charge in [0, 0.05) is 48.8 Å². The van der Waals surface area contributed by atoms with Crippen molar-refractivity contribution in [2.75, 3.05) is 47.7 Å². The molecular weight excluding hydrogens is 448 g/mol. The standard InChI is InChI=1S/C26H30N4O3S/c1-3-29-15-17-30(18-16-29)23-13-14-25(20(2)19-23)27-26(31)21-9-11-22(12-10-21)28-34(32,33)24-7-5-4-6-8-24/h4-14,19,28H,3,15-18H2,1-2H3,(H,27,31). The Kier molecular flexibility index (Phi) is 7.19. The van der Waals surface area contributed by atoms with Crippen LogP contribution in [0.4, 0.5) is 17.1 Å². The molecule has 0 unspecified atom stereocenters. The highest BCUT2D eigenvalue weighted by molar-refractivity contribution is 7.92. The SMILES string of the molecule is CCN1CCN(c2ccc(NC(=O)c3ccc(NS(=O)(=O)c4ccccc4)cc3)c(C)c2)CC1. The normalized spacial score (nSPS) is 14.6. The summed E-state index contributed by atoms with van der Waals surface area (Å²) in [6, 6.07) is 20.6. The van der Waals surface area contributed by atoms with Crippen LogP contribution >= 0.6 is 0 Å². The smallest absolute Gasteiger partial charge is 0.261 e. The van der Waals surface area contributed by atoms with Crippen LogP contribution in [-0.4, -0.2) is 51.9 Å². The van der Waals surface area contributed by atoms with Gasteiger partial charge in [-0.05, 0) is 73.6 Å². The van der Waals surface area contributed by atoms with Crippen LogP contribution in [0.2, 0.25) is 0 Å². The molecule has 2 N–H and O–H groups in total. The quantitative estimate of drug-likeness (QED) is 0.532. The van der Waals surface area contributed by atoms with Gasteiger partial charge >= 0.3 is 0 Å². The van der Waals surface area contributed by atoms with Gasteiger partial charge in [-0.25, -0.2) is 8.42 Å². The van der Waals surface area contributed by atoms with Crippen molar-refractivity contribution in [1.29, 1.82) is 0 Å². The van der Waals surface area contributed by atoms with Crippen LogP contribution < -0.4 is 14.9 Å². The first-order valence-corrected chi connectivity index (χ1v) is 12.9. The number of benzene rings is 3. The number of hydrogen-bond donors (Lipinski definition) is 2. The molecular formula is C26H30N4O3S. The maximum atomic E-state index is 12.8. The van der Waals surface area contributed by atoms with E-state index in [0.29, 0.717) is 11.3 Å². The van der Waals surface area contributed by atoms with Gasteiger partial charge in [0.1, 0.15) is 0 Å². The summed E-state index contributed by atoms with van der Waals surface area (Å²) < 4.78 is 27.5. The van der Waals surface area contributed by atoms with Crippen molar-refractivity contribution in [1.82, 2.24) is 4.90 Å². The molecule has 4 rings (SSSR count). The summed E-state index contributed by atoms with van der Waals surface area (Å²) in [5.41, 5.74) is 3.76. The highest BCUT2D eigenvalue weighted by Crippen LogP contribution is 2.25. The lowest BCUT2D eigenvalue weighted by atomic mass is 10.1. The fraction of sp³-hybridized carbons (Fsp3) is 0.269. The number of amides is 1.